The van der Waals surface area contributed by atoms with Crippen LogP contribution in [0, 0.1) is 0 Å². The Morgan fingerprint density at radius 1 is 1.35 bits per heavy atom. The number of para-hydroxylation sites is 2. The molecule has 5 heteroatoms. The van der Waals surface area contributed by atoms with Crippen molar-refractivity contribution in [1.29, 1.82) is 0 Å². The van der Waals surface area contributed by atoms with E-state index in [2.05, 4.69) is 14.9 Å². The Kier molecular flexibility index (Phi) is 3.74. The molecule has 0 unspecified atom stereocenters. The molecule has 1 aromatic carbocycles. The summed E-state index contributed by atoms with van der Waals surface area (Å²) in [4.78, 5) is 10.00. The molecule has 2 heterocycles. The average molecular weight is 275 g/mol. The third-order valence-corrected chi connectivity index (χ3v) is 3.85. The predicted octanol–water partition coefficient (Wildman–Crippen LogP) is 1.54. The number of aromatic nitrogens is 2. The van der Waals surface area contributed by atoms with Crippen LogP contribution in [0.1, 0.15) is 18.7 Å². The van der Waals surface area contributed by atoms with E-state index in [9.17, 15) is 5.11 Å². The Morgan fingerprint density at radius 3 is 2.85 bits per heavy atom. The second kappa shape index (κ2) is 5.52. The van der Waals surface area contributed by atoms with Crippen molar-refractivity contribution in [1.82, 2.24) is 14.9 Å². The van der Waals surface area contributed by atoms with Gasteiger partial charge in [0.05, 0.1) is 23.2 Å². The van der Waals surface area contributed by atoms with Crippen molar-refractivity contribution in [2.75, 3.05) is 26.8 Å². The van der Waals surface area contributed by atoms with Gasteiger partial charge in [0.1, 0.15) is 5.82 Å². The van der Waals surface area contributed by atoms with Gasteiger partial charge in [-0.2, -0.15) is 0 Å². The van der Waals surface area contributed by atoms with Crippen molar-refractivity contribution in [2.45, 2.75) is 25.0 Å². The van der Waals surface area contributed by atoms with Gasteiger partial charge in [0.15, 0.2) is 0 Å². The van der Waals surface area contributed by atoms with Crippen molar-refractivity contribution < 1.29 is 9.84 Å². The van der Waals surface area contributed by atoms with Gasteiger partial charge in [0.2, 0.25) is 0 Å². The summed E-state index contributed by atoms with van der Waals surface area (Å²) in [5.74, 6) is 0.935. The Morgan fingerprint density at radius 2 is 2.10 bits per heavy atom. The molecule has 2 aromatic rings. The Balaban J connectivity index is 1.64. The zero-order valence-corrected chi connectivity index (χ0v) is 11.8. The largest absolute Gasteiger partial charge is 0.388 e. The number of H-pyrrole nitrogens is 1. The molecule has 1 saturated heterocycles. The van der Waals surface area contributed by atoms with Crippen LogP contribution in [0.2, 0.25) is 0 Å². The van der Waals surface area contributed by atoms with Crippen LogP contribution in [0.15, 0.2) is 24.3 Å². The first-order valence-corrected chi connectivity index (χ1v) is 7.07. The highest BCUT2D eigenvalue weighted by Gasteiger charge is 2.31. The molecule has 1 fully saturated rings. The SMILES string of the molecule is CN(Cc1nc2ccccc2[nH]1)CC1(O)CCOCC1. The molecule has 20 heavy (non-hydrogen) atoms. The first kappa shape index (κ1) is 13.5. The third-order valence-electron chi connectivity index (χ3n) is 3.85. The van der Waals surface area contributed by atoms with Gasteiger partial charge < -0.3 is 14.8 Å². The third kappa shape index (κ3) is 3.00. The number of benzene rings is 1. The van der Waals surface area contributed by atoms with Crippen molar-refractivity contribution in [3.63, 3.8) is 0 Å². The smallest absolute Gasteiger partial charge is 0.121 e. The summed E-state index contributed by atoms with van der Waals surface area (Å²) in [6, 6.07) is 8.01. The lowest BCUT2D eigenvalue weighted by molar-refractivity contribution is -0.0779. The van der Waals surface area contributed by atoms with Gasteiger partial charge in [-0.25, -0.2) is 4.98 Å². The molecule has 1 aliphatic rings. The van der Waals surface area contributed by atoms with Crippen molar-refractivity contribution >= 4 is 11.0 Å². The number of likely N-dealkylation sites (N-methyl/N-ethyl adjacent to an activating group) is 1. The minimum Gasteiger partial charge on any atom is -0.388 e. The summed E-state index contributed by atoms with van der Waals surface area (Å²) in [5, 5.41) is 10.5. The highest BCUT2D eigenvalue weighted by Crippen LogP contribution is 2.22. The van der Waals surface area contributed by atoms with Gasteiger partial charge in [0, 0.05) is 32.6 Å². The minimum absolute atomic E-state index is 0.626. The van der Waals surface area contributed by atoms with Gasteiger partial charge in [-0.15, -0.1) is 0 Å². The summed E-state index contributed by atoms with van der Waals surface area (Å²) < 4.78 is 5.31. The van der Waals surface area contributed by atoms with Gasteiger partial charge in [0.25, 0.3) is 0 Å². The van der Waals surface area contributed by atoms with E-state index in [1.807, 2.05) is 31.3 Å². The first-order chi connectivity index (χ1) is 9.65. The number of fused-ring (bicyclic) bond motifs is 1. The number of nitrogens with one attached hydrogen (secondary N) is 1. The van der Waals surface area contributed by atoms with Crippen LogP contribution in [-0.2, 0) is 11.3 Å². The fourth-order valence-corrected chi connectivity index (χ4v) is 2.80. The van der Waals surface area contributed by atoms with Crippen molar-refractivity contribution in [3.8, 4) is 0 Å². The van der Waals surface area contributed by atoms with Crippen LogP contribution < -0.4 is 0 Å². The lowest BCUT2D eigenvalue weighted by Gasteiger charge is -2.35. The van der Waals surface area contributed by atoms with Crippen LogP contribution in [0.25, 0.3) is 11.0 Å². The minimum atomic E-state index is -0.626. The van der Waals surface area contributed by atoms with Crippen LogP contribution >= 0.6 is 0 Å². The lowest BCUT2D eigenvalue weighted by atomic mass is 9.94. The Labute approximate surface area is 118 Å². The summed E-state index contributed by atoms with van der Waals surface area (Å²) >= 11 is 0. The van der Waals surface area contributed by atoms with Crippen LogP contribution in [0.4, 0.5) is 0 Å². The second-order valence-electron chi connectivity index (χ2n) is 5.71. The lowest BCUT2D eigenvalue weighted by Crippen LogP contribution is -2.45. The molecule has 0 radical (unpaired) electrons. The van der Waals surface area contributed by atoms with E-state index in [-0.39, 0.29) is 0 Å². The number of aliphatic hydroxyl groups is 1. The number of nitrogens with zero attached hydrogens (tertiary/aromatic N) is 2. The maximum atomic E-state index is 10.5. The Hall–Kier alpha value is -1.43. The highest BCUT2D eigenvalue weighted by atomic mass is 16.5. The Bertz CT molecular complexity index is 542. The maximum Gasteiger partial charge on any atom is 0.121 e. The zero-order chi connectivity index (χ0) is 14.0. The fourth-order valence-electron chi connectivity index (χ4n) is 2.80. The van der Waals surface area contributed by atoms with E-state index in [1.165, 1.54) is 0 Å². The molecule has 1 aliphatic heterocycles. The number of ether oxygens (including phenoxy) is 1. The first-order valence-electron chi connectivity index (χ1n) is 7.07. The molecule has 5 nitrogen and oxygen atoms in total. The van der Waals surface area contributed by atoms with E-state index in [1.54, 1.807) is 0 Å². The van der Waals surface area contributed by atoms with E-state index < -0.39 is 5.60 Å². The maximum absolute atomic E-state index is 10.5. The van der Waals surface area contributed by atoms with Gasteiger partial charge in [-0.05, 0) is 19.2 Å². The van der Waals surface area contributed by atoms with Crippen LogP contribution in [0.5, 0.6) is 0 Å². The monoisotopic (exact) mass is 275 g/mol. The molecule has 0 amide bonds. The van der Waals surface area contributed by atoms with Crippen molar-refractivity contribution in [2.24, 2.45) is 0 Å². The van der Waals surface area contributed by atoms with Gasteiger partial charge in [-0.3, -0.25) is 4.90 Å². The quantitative estimate of drug-likeness (QED) is 0.888. The second-order valence-corrected chi connectivity index (χ2v) is 5.71. The number of aromatic amines is 1. The standard InChI is InChI=1S/C15H21N3O2/c1-18(11-15(19)6-8-20-9-7-15)10-14-16-12-4-2-3-5-13(12)17-14/h2-5,19H,6-11H2,1H3,(H,16,17). The molecule has 0 atom stereocenters. The fraction of sp³-hybridized carbons (Fsp3) is 0.533. The zero-order valence-electron chi connectivity index (χ0n) is 11.8. The summed E-state index contributed by atoms with van der Waals surface area (Å²) in [5.41, 5.74) is 1.42. The molecule has 108 valence electrons. The van der Waals surface area contributed by atoms with Gasteiger partial charge >= 0.3 is 0 Å². The van der Waals surface area contributed by atoms with Crippen LogP contribution in [-0.4, -0.2) is 52.4 Å². The number of rotatable bonds is 4. The molecular formula is C15H21N3O2. The summed E-state index contributed by atoms with van der Waals surface area (Å²) in [6.45, 7) is 2.65. The molecule has 2 N–H and O–H groups in total. The topological polar surface area (TPSA) is 61.4 Å². The number of hydrogen-bond acceptors (Lipinski definition) is 4. The normalized spacial score (nSPS) is 18.8. The number of hydrogen-bond donors (Lipinski definition) is 2. The molecule has 0 spiro atoms. The molecule has 0 saturated carbocycles. The molecule has 1 aromatic heterocycles. The van der Waals surface area contributed by atoms with Crippen molar-refractivity contribution in [3.05, 3.63) is 30.1 Å². The summed E-state index contributed by atoms with van der Waals surface area (Å²) in [6.07, 6.45) is 1.41. The van der Waals surface area contributed by atoms with E-state index in [4.69, 9.17) is 4.74 Å². The molecule has 3 rings (SSSR count). The summed E-state index contributed by atoms with van der Waals surface area (Å²) in [7, 11) is 2.01. The van der Waals surface area contributed by atoms with E-state index >= 15 is 0 Å². The van der Waals surface area contributed by atoms with Gasteiger partial charge in [-0.1, -0.05) is 12.1 Å². The number of imidazole rings is 1. The molecule has 0 aliphatic carbocycles. The highest BCUT2D eigenvalue weighted by molar-refractivity contribution is 5.74. The predicted molar refractivity (Wildman–Crippen MR) is 77.4 cm³/mol. The molecule has 0 bridgehead atoms. The average Bonchev–Trinajstić information content (AvgIpc) is 2.80. The van der Waals surface area contributed by atoms with E-state index in [0.717, 1.165) is 16.9 Å². The van der Waals surface area contributed by atoms with E-state index in [0.29, 0.717) is 39.1 Å². The molecular weight excluding hydrogens is 254 g/mol. The van der Waals surface area contributed by atoms with Crippen LogP contribution in [0.3, 0.4) is 0 Å².